The van der Waals surface area contributed by atoms with Crippen molar-refractivity contribution in [2.45, 2.75) is 6.04 Å². The molecule has 1 atom stereocenters. The molecule has 0 saturated heterocycles. The van der Waals surface area contributed by atoms with Gasteiger partial charge < -0.3 is 4.18 Å². The number of aromatic nitrogens is 3. The van der Waals surface area contributed by atoms with Crippen molar-refractivity contribution in [3.63, 3.8) is 0 Å². The highest BCUT2D eigenvalue weighted by Gasteiger charge is 2.19. The molecule has 0 fully saturated rings. The van der Waals surface area contributed by atoms with Crippen LogP contribution in [0.25, 0.3) is 0 Å². The van der Waals surface area contributed by atoms with Gasteiger partial charge in [0.2, 0.25) is 0 Å². The van der Waals surface area contributed by atoms with Crippen LogP contribution in [-0.2, 0) is 10.3 Å². The summed E-state index contributed by atoms with van der Waals surface area (Å²) in [6.07, 6.45) is 3.04. The lowest BCUT2D eigenvalue weighted by atomic mass is 9.99. The Hall–Kier alpha value is -1.94. The van der Waals surface area contributed by atoms with Gasteiger partial charge in [-0.25, -0.2) is 9.67 Å². The standard InChI is InChI=1S/C15H12BrClN4O3S/c16-13-7-11(3-6-14(13)24-25(18,22)23)15(21-9-19-8-20-21)10-1-4-12(17)5-2-10/h1-9,15H,(H2,18,22,23). The summed E-state index contributed by atoms with van der Waals surface area (Å²) in [5.74, 6) is 0.0969. The molecule has 1 aromatic heterocycles. The summed E-state index contributed by atoms with van der Waals surface area (Å²) in [6, 6.07) is 12.0. The lowest BCUT2D eigenvalue weighted by Gasteiger charge is -2.19. The number of halogens is 2. The number of benzene rings is 2. The van der Waals surface area contributed by atoms with Crippen molar-refractivity contribution in [1.29, 1.82) is 0 Å². The molecule has 25 heavy (non-hydrogen) atoms. The van der Waals surface area contributed by atoms with E-state index in [1.165, 1.54) is 12.4 Å². The fraction of sp³-hybridized carbons (Fsp3) is 0.0667. The molecular weight excluding hydrogens is 432 g/mol. The van der Waals surface area contributed by atoms with Crippen LogP contribution in [0, 0.1) is 0 Å². The van der Waals surface area contributed by atoms with E-state index in [0.717, 1.165) is 11.1 Å². The lowest BCUT2D eigenvalue weighted by Crippen LogP contribution is -2.19. The van der Waals surface area contributed by atoms with Crippen molar-refractivity contribution in [3.05, 3.63) is 75.7 Å². The van der Waals surface area contributed by atoms with Gasteiger partial charge in [0.25, 0.3) is 0 Å². The van der Waals surface area contributed by atoms with E-state index in [-0.39, 0.29) is 11.8 Å². The first-order valence-electron chi connectivity index (χ1n) is 6.95. The third-order valence-electron chi connectivity index (χ3n) is 3.36. The molecule has 10 heteroatoms. The molecule has 0 aliphatic rings. The Kier molecular flexibility index (Phi) is 5.09. The van der Waals surface area contributed by atoms with Gasteiger partial charge in [-0.3, -0.25) is 0 Å². The number of rotatable bonds is 5. The van der Waals surface area contributed by atoms with Crippen molar-refractivity contribution in [2.24, 2.45) is 5.14 Å². The summed E-state index contributed by atoms with van der Waals surface area (Å²) in [7, 11) is -4.11. The van der Waals surface area contributed by atoms with Gasteiger partial charge in [-0.2, -0.15) is 18.7 Å². The van der Waals surface area contributed by atoms with E-state index >= 15 is 0 Å². The monoisotopic (exact) mass is 442 g/mol. The van der Waals surface area contributed by atoms with Crippen molar-refractivity contribution in [3.8, 4) is 5.75 Å². The normalized spacial score (nSPS) is 12.8. The number of hydrogen-bond donors (Lipinski definition) is 1. The highest BCUT2D eigenvalue weighted by Crippen LogP contribution is 2.33. The third-order valence-corrected chi connectivity index (χ3v) is 4.65. The van der Waals surface area contributed by atoms with E-state index < -0.39 is 10.3 Å². The molecule has 2 N–H and O–H groups in total. The second-order valence-electron chi connectivity index (χ2n) is 5.10. The first kappa shape index (κ1) is 17.9. The molecule has 0 saturated carbocycles. The molecule has 0 radical (unpaired) electrons. The Labute approximate surface area is 157 Å². The molecule has 0 bridgehead atoms. The minimum absolute atomic E-state index is 0.0969. The van der Waals surface area contributed by atoms with Crippen molar-refractivity contribution >= 4 is 37.8 Å². The molecule has 1 unspecified atom stereocenters. The molecule has 130 valence electrons. The predicted molar refractivity (Wildman–Crippen MR) is 96.6 cm³/mol. The second-order valence-corrected chi connectivity index (χ2v) is 7.54. The van der Waals surface area contributed by atoms with Crippen LogP contribution < -0.4 is 9.32 Å². The van der Waals surface area contributed by atoms with Gasteiger partial charge in [0, 0.05) is 5.02 Å². The zero-order valence-electron chi connectivity index (χ0n) is 12.6. The average molecular weight is 444 g/mol. The van der Waals surface area contributed by atoms with Gasteiger partial charge in [0.15, 0.2) is 5.75 Å². The Bertz CT molecular complexity index is 979. The zero-order valence-corrected chi connectivity index (χ0v) is 15.7. The predicted octanol–water partition coefficient (Wildman–Crippen LogP) is 2.91. The molecule has 2 aromatic carbocycles. The van der Waals surface area contributed by atoms with Gasteiger partial charge >= 0.3 is 10.3 Å². The van der Waals surface area contributed by atoms with Crippen molar-refractivity contribution in [1.82, 2.24) is 14.8 Å². The van der Waals surface area contributed by atoms with E-state index in [2.05, 4.69) is 26.0 Å². The number of hydrogen-bond acceptors (Lipinski definition) is 5. The summed E-state index contributed by atoms with van der Waals surface area (Å²) in [5.41, 5.74) is 1.77. The number of nitrogens with two attached hydrogens (primary N) is 1. The minimum Gasteiger partial charge on any atom is -0.370 e. The summed E-state index contributed by atoms with van der Waals surface area (Å²) in [5, 5.41) is 9.75. The third kappa shape index (κ3) is 4.37. The summed E-state index contributed by atoms with van der Waals surface area (Å²) >= 11 is 9.27. The zero-order chi connectivity index (χ0) is 18.0. The van der Waals surface area contributed by atoms with Crippen LogP contribution in [0.15, 0.2) is 59.6 Å². The Morgan fingerprint density at radius 3 is 2.40 bits per heavy atom. The van der Waals surface area contributed by atoms with E-state index in [9.17, 15) is 8.42 Å². The molecular formula is C15H12BrClN4O3S. The van der Waals surface area contributed by atoms with Gasteiger partial charge in [-0.15, -0.1) is 0 Å². The molecule has 1 heterocycles. The SMILES string of the molecule is NS(=O)(=O)Oc1ccc(C(c2ccc(Cl)cc2)n2cncn2)cc1Br. The van der Waals surface area contributed by atoms with Crippen LogP contribution in [-0.4, -0.2) is 23.2 Å². The quantitative estimate of drug-likeness (QED) is 0.653. The summed E-state index contributed by atoms with van der Waals surface area (Å²) in [6.45, 7) is 0. The van der Waals surface area contributed by atoms with Gasteiger partial charge in [-0.1, -0.05) is 29.8 Å². The van der Waals surface area contributed by atoms with E-state index in [0.29, 0.717) is 9.50 Å². The molecule has 3 rings (SSSR count). The van der Waals surface area contributed by atoms with Crippen LogP contribution in [0.3, 0.4) is 0 Å². The largest absolute Gasteiger partial charge is 0.380 e. The van der Waals surface area contributed by atoms with E-state index in [4.69, 9.17) is 20.9 Å². The second kappa shape index (κ2) is 7.12. The van der Waals surface area contributed by atoms with Crippen LogP contribution in [0.2, 0.25) is 5.02 Å². The fourth-order valence-corrected chi connectivity index (χ4v) is 3.48. The van der Waals surface area contributed by atoms with Gasteiger partial charge in [0.1, 0.15) is 18.7 Å². The average Bonchev–Trinajstić information content (AvgIpc) is 3.05. The van der Waals surface area contributed by atoms with Crippen LogP contribution in [0.4, 0.5) is 0 Å². The van der Waals surface area contributed by atoms with Crippen molar-refractivity contribution < 1.29 is 12.6 Å². The Morgan fingerprint density at radius 1 is 1.16 bits per heavy atom. The molecule has 3 aromatic rings. The van der Waals surface area contributed by atoms with Crippen LogP contribution in [0.5, 0.6) is 5.75 Å². The summed E-state index contributed by atoms with van der Waals surface area (Å²) < 4.78 is 29.1. The van der Waals surface area contributed by atoms with E-state index in [1.54, 1.807) is 35.3 Å². The smallest absolute Gasteiger partial charge is 0.370 e. The Balaban J connectivity index is 2.05. The molecule has 0 aliphatic heterocycles. The fourth-order valence-electron chi connectivity index (χ4n) is 2.37. The molecule has 0 amide bonds. The number of nitrogens with zero attached hydrogens (tertiary/aromatic N) is 3. The summed E-state index contributed by atoms with van der Waals surface area (Å²) in [4.78, 5) is 3.99. The maximum absolute atomic E-state index is 11.1. The van der Waals surface area contributed by atoms with Gasteiger partial charge in [0.05, 0.1) is 4.47 Å². The maximum atomic E-state index is 11.1. The topological polar surface area (TPSA) is 100 Å². The van der Waals surface area contributed by atoms with Crippen LogP contribution in [0.1, 0.15) is 17.2 Å². The van der Waals surface area contributed by atoms with E-state index in [1.807, 2.05) is 12.1 Å². The van der Waals surface area contributed by atoms with Crippen LogP contribution >= 0.6 is 27.5 Å². The highest BCUT2D eigenvalue weighted by molar-refractivity contribution is 9.10. The molecule has 0 aliphatic carbocycles. The molecule has 7 nitrogen and oxygen atoms in total. The first-order valence-corrected chi connectivity index (χ1v) is 9.59. The first-order chi connectivity index (χ1) is 11.8. The van der Waals surface area contributed by atoms with Gasteiger partial charge in [-0.05, 0) is 51.3 Å². The lowest BCUT2D eigenvalue weighted by molar-refractivity contribution is 0.486. The Morgan fingerprint density at radius 2 is 1.84 bits per heavy atom. The minimum atomic E-state index is -4.11. The van der Waals surface area contributed by atoms with Crippen molar-refractivity contribution in [2.75, 3.05) is 0 Å². The maximum Gasteiger partial charge on any atom is 0.380 e. The highest BCUT2D eigenvalue weighted by atomic mass is 79.9. The molecule has 0 spiro atoms.